The zero-order chi connectivity index (χ0) is 11.9. The standard InChI is InChI=1S/C12H12N2O3/c15-14(16)11-10(9-5-2-1-3-6-9)13-17-12(11)7-4-8-12/h1-3,5-6,11H,4,7-8H2. The Morgan fingerprint density at radius 2 is 2.06 bits per heavy atom. The Labute approximate surface area is 98.2 Å². The van der Waals surface area contributed by atoms with Crippen LogP contribution in [-0.4, -0.2) is 22.3 Å². The lowest BCUT2D eigenvalue weighted by Crippen LogP contribution is -2.53. The fourth-order valence-electron chi connectivity index (χ4n) is 2.49. The quantitative estimate of drug-likeness (QED) is 0.578. The van der Waals surface area contributed by atoms with E-state index in [9.17, 15) is 10.1 Å². The van der Waals surface area contributed by atoms with Crippen molar-refractivity contribution >= 4 is 5.71 Å². The van der Waals surface area contributed by atoms with E-state index in [2.05, 4.69) is 5.16 Å². The van der Waals surface area contributed by atoms with Crippen LogP contribution in [0.2, 0.25) is 0 Å². The zero-order valence-electron chi connectivity index (χ0n) is 9.20. The fraction of sp³-hybridized carbons (Fsp3) is 0.417. The molecule has 1 spiro atoms. The number of oxime groups is 1. The van der Waals surface area contributed by atoms with Crippen molar-refractivity contribution in [2.24, 2.45) is 5.16 Å². The zero-order valence-corrected chi connectivity index (χ0v) is 9.20. The smallest absolute Gasteiger partial charge is 0.299 e. The first-order valence-corrected chi connectivity index (χ1v) is 5.68. The Kier molecular flexibility index (Phi) is 2.14. The lowest BCUT2D eigenvalue weighted by molar-refractivity contribution is -0.526. The van der Waals surface area contributed by atoms with Crippen LogP contribution in [0.3, 0.4) is 0 Å². The molecule has 0 amide bonds. The summed E-state index contributed by atoms with van der Waals surface area (Å²) in [6.07, 6.45) is 2.42. The van der Waals surface area contributed by atoms with Gasteiger partial charge in [0.1, 0.15) is 0 Å². The van der Waals surface area contributed by atoms with Crippen molar-refractivity contribution < 1.29 is 9.76 Å². The minimum atomic E-state index is -0.821. The Morgan fingerprint density at radius 1 is 1.35 bits per heavy atom. The molecule has 1 saturated carbocycles. The molecule has 0 radical (unpaired) electrons. The number of rotatable bonds is 2. The van der Waals surface area contributed by atoms with Crippen LogP contribution in [0.15, 0.2) is 35.5 Å². The summed E-state index contributed by atoms with van der Waals surface area (Å²) >= 11 is 0. The third kappa shape index (κ3) is 1.42. The van der Waals surface area contributed by atoms with E-state index in [1.807, 2.05) is 30.3 Å². The van der Waals surface area contributed by atoms with Crippen LogP contribution in [0.25, 0.3) is 0 Å². The molecule has 5 nitrogen and oxygen atoms in total. The second-order valence-corrected chi connectivity index (χ2v) is 4.54. The van der Waals surface area contributed by atoms with Gasteiger partial charge in [-0.1, -0.05) is 35.5 Å². The predicted octanol–water partition coefficient (Wildman–Crippen LogP) is 1.99. The number of nitrogens with zero attached hydrogens (tertiary/aromatic N) is 2. The second-order valence-electron chi connectivity index (χ2n) is 4.54. The topological polar surface area (TPSA) is 64.7 Å². The maximum absolute atomic E-state index is 11.2. The molecule has 17 heavy (non-hydrogen) atoms. The van der Waals surface area contributed by atoms with Gasteiger partial charge in [-0.3, -0.25) is 10.1 Å². The summed E-state index contributed by atoms with van der Waals surface area (Å²) < 4.78 is 0. The van der Waals surface area contributed by atoms with E-state index >= 15 is 0 Å². The SMILES string of the molecule is O=[N+]([O-])C1C(c2ccccc2)=NOC12CCC2. The van der Waals surface area contributed by atoms with Crippen molar-refractivity contribution in [1.82, 2.24) is 0 Å². The summed E-state index contributed by atoms with van der Waals surface area (Å²) in [5.74, 6) is 0. The van der Waals surface area contributed by atoms with E-state index in [-0.39, 0.29) is 4.92 Å². The van der Waals surface area contributed by atoms with Crippen molar-refractivity contribution in [2.75, 3.05) is 0 Å². The van der Waals surface area contributed by atoms with Crippen LogP contribution >= 0.6 is 0 Å². The number of hydrogen-bond donors (Lipinski definition) is 0. The van der Waals surface area contributed by atoms with E-state index in [1.54, 1.807) is 0 Å². The Morgan fingerprint density at radius 3 is 2.59 bits per heavy atom. The highest BCUT2D eigenvalue weighted by Gasteiger charge is 2.60. The van der Waals surface area contributed by atoms with E-state index < -0.39 is 11.6 Å². The molecule has 88 valence electrons. The average Bonchev–Trinajstić information content (AvgIpc) is 2.70. The first-order valence-electron chi connectivity index (χ1n) is 5.68. The first-order chi connectivity index (χ1) is 8.23. The molecule has 2 aliphatic rings. The molecule has 1 aliphatic heterocycles. The third-order valence-corrected chi connectivity index (χ3v) is 3.56. The number of benzene rings is 1. The van der Waals surface area contributed by atoms with Crippen LogP contribution in [0.5, 0.6) is 0 Å². The van der Waals surface area contributed by atoms with E-state index in [0.717, 1.165) is 24.8 Å². The van der Waals surface area contributed by atoms with Crippen LogP contribution in [0.4, 0.5) is 0 Å². The highest BCUT2D eigenvalue weighted by molar-refractivity contribution is 6.05. The minimum absolute atomic E-state index is 0.266. The van der Waals surface area contributed by atoms with Crippen molar-refractivity contribution in [2.45, 2.75) is 30.9 Å². The molecule has 1 atom stereocenters. The molecule has 0 N–H and O–H groups in total. The molecular formula is C12H12N2O3. The van der Waals surface area contributed by atoms with Gasteiger partial charge in [0.05, 0.1) is 0 Å². The van der Waals surface area contributed by atoms with Crippen LogP contribution in [-0.2, 0) is 4.84 Å². The first kappa shape index (κ1) is 10.3. The number of hydrogen-bond acceptors (Lipinski definition) is 4. The average molecular weight is 232 g/mol. The molecule has 0 aromatic heterocycles. The van der Waals surface area contributed by atoms with Crippen molar-refractivity contribution in [3.8, 4) is 0 Å². The van der Waals surface area contributed by atoms with E-state index in [1.165, 1.54) is 0 Å². The molecular weight excluding hydrogens is 220 g/mol. The Hall–Kier alpha value is -1.91. The maximum atomic E-state index is 11.2. The van der Waals surface area contributed by atoms with Gasteiger partial charge in [-0.15, -0.1) is 0 Å². The molecule has 1 aromatic rings. The van der Waals surface area contributed by atoms with Crippen molar-refractivity contribution in [3.63, 3.8) is 0 Å². The van der Waals surface area contributed by atoms with Gasteiger partial charge >= 0.3 is 0 Å². The Bertz CT molecular complexity index is 480. The fourth-order valence-corrected chi connectivity index (χ4v) is 2.49. The van der Waals surface area contributed by atoms with Gasteiger partial charge in [-0.25, -0.2) is 0 Å². The van der Waals surface area contributed by atoms with Gasteiger partial charge in [-0.05, 0) is 19.3 Å². The molecule has 1 aliphatic carbocycles. The van der Waals surface area contributed by atoms with E-state index in [4.69, 9.17) is 4.84 Å². The summed E-state index contributed by atoms with van der Waals surface area (Å²) in [6, 6.07) is 8.41. The van der Waals surface area contributed by atoms with E-state index in [0.29, 0.717) is 5.71 Å². The molecule has 0 bridgehead atoms. The second kappa shape index (κ2) is 3.55. The third-order valence-electron chi connectivity index (χ3n) is 3.56. The van der Waals surface area contributed by atoms with Crippen LogP contribution in [0.1, 0.15) is 24.8 Å². The number of nitro groups is 1. The molecule has 1 unspecified atom stereocenters. The minimum Gasteiger partial charge on any atom is -0.381 e. The van der Waals surface area contributed by atoms with Crippen molar-refractivity contribution in [3.05, 3.63) is 46.0 Å². The monoisotopic (exact) mass is 232 g/mol. The molecule has 3 rings (SSSR count). The maximum Gasteiger partial charge on any atom is 0.299 e. The largest absolute Gasteiger partial charge is 0.381 e. The summed E-state index contributed by atoms with van der Waals surface area (Å²) in [7, 11) is 0. The highest BCUT2D eigenvalue weighted by Crippen LogP contribution is 2.44. The normalized spacial score (nSPS) is 24.9. The molecule has 1 heterocycles. The molecule has 1 fully saturated rings. The summed E-state index contributed by atoms with van der Waals surface area (Å²) in [4.78, 5) is 16.3. The lowest BCUT2D eigenvalue weighted by Gasteiger charge is -2.35. The van der Waals surface area contributed by atoms with Gasteiger partial charge < -0.3 is 4.84 Å². The summed E-state index contributed by atoms with van der Waals surface area (Å²) in [6.45, 7) is 0. The molecule has 1 aromatic carbocycles. The lowest BCUT2D eigenvalue weighted by atomic mass is 9.73. The van der Waals surface area contributed by atoms with Gasteiger partial charge in [0.2, 0.25) is 5.60 Å². The highest BCUT2D eigenvalue weighted by atomic mass is 16.7. The van der Waals surface area contributed by atoms with Crippen LogP contribution < -0.4 is 0 Å². The van der Waals surface area contributed by atoms with Crippen molar-refractivity contribution in [1.29, 1.82) is 0 Å². The summed E-state index contributed by atoms with van der Waals surface area (Å²) in [5, 5.41) is 15.2. The van der Waals surface area contributed by atoms with Gasteiger partial charge in [0.25, 0.3) is 6.04 Å². The van der Waals surface area contributed by atoms with Gasteiger partial charge in [0.15, 0.2) is 5.71 Å². The van der Waals surface area contributed by atoms with Gasteiger partial charge in [-0.2, -0.15) is 0 Å². The summed E-state index contributed by atoms with van der Waals surface area (Å²) in [5.41, 5.74) is 0.558. The van der Waals surface area contributed by atoms with Gasteiger partial charge in [0, 0.05) is 10.5 Å². The van der Waals surface area contributed by atoms with Crippen LogP contribution in [0, 0.1) is 10.1 Å². The Balaban J connectivity index is 1.98. The molecule has 0 saturated heterocycles. The predicted molar refractivity (Wildman–Crippen MR) is 61.4 cm³/mol. The molecule has 5 heteroatoms.